The zero-order chi connectivity index (χ0) is 10.4. The first kappa shape index (κ1) is 11.7. The lowest BCUT2D eigenvalue weighted by Gasteiger charge is -2.16. The molecule has 0 unspecified atom stereocenters. The second kappa shape index (κ2) is 5.35. The van der Waals surface area contributed by atoms with E-state index in [1.165, 1.54) is 11.8 Å². The highest BCUT2D eigenvalue weighted by molar-refractivity contribution is 5.91. The quantitative estimate of drug-likeness (QED) is 0.633. The SMILES string of the molecule is C=C(C)C(=O)N(C)CCNC(C)=O. The van der Waals surface area contributed by atoms with Crippen LogP contribution in [0.15, 0.2) is 12.2 Å². The number of rotatable bonds is 4. The van der Waals surface area contributed by atoms with Gasteiger partial charge in [0.25, 0.3) is 0 Å². The van der Waals surface area contributed by atoms with Gasteiger partial charge in [-0.15, -0.1) is 0 Å². The number of hydrogen-bond acceptors (Lipinski definition) is 2. The highest BCUT2D eigenvalue weighted by Gasteiger charge is 2.07. The minimum absolute atomic E-state index is 0.0869. The Morgan fingerprint density at radius 1 is 1.38 bits per heavy atom. The first-order valence-electron chi connectivity index (χ1n) is 4.10. The van der Waals surface area contributed by atoms with Gasteiger partial charge in [0.2, 0.25) is 11.8 Å². The molecular formula is C9H16N2O2. The second-order valence-corrected chi connectivity index (χ2v) is 2.99. The molecule has 0 aliphatic rings. The Balaban J connectivity index is 3.74. The fourth-order valence-electron chi connectivity index (χ4n) is 0.827. The topological polar surface area (TPSA) is 49.4 Å². The lowest BCUT2D eigenvalue weighted by molar-refractivity contribution is -0.126. The summed E-state index contributed by atoms with van der Waals surface area (Å²) in [4.78, 5) is 23.3. The van der Waals surface area contributed by atoms with Crippen LogP contribution in [0.25, 0.3) is 0 Å². The van der Waals surface area contributed by atoms with Crippen LogP contribution in [0, 0.1) is 0 Å². The fraction of sp³-hybridized carbons (Fsp3) is 0.556. The third kappa shape index (κ3) is 5.00. The molecule has 0 heterocycles. The summed E-state index contributed by atoms with van der Waals surface area (Å²) < 4.78 is 0. The molecule has 0 aromatic carbocycles. The maximum Gasteiger partial charge on any atom is 0.248 e. The molecule has 13 heavy (non-hydrogen) atoms. The molecule has 0 spiro atoms. The number of likely N-dealkylation sites (N-methyl/N-ethyl adjacent to an activating group) is 1. The maximum atomic E-state index is 11.2. The van der Waals surface area contributed by atoms with Crippen molar-refractivity contribution in [2.45, 2.75) is 13.8 Å². The van der Waals surface area contributed by atoms with E-state index in [1.807, 2.05) is 0 Å². The summed E-state index contributed by atoms with van der Waals surface area (Å²) in [6.07, 6.45) is 0. The standard InChI is InChI=1S/C9H16N2O2/c1-7(2)9(13)11(4)6-5-10-8(3)12/h1,5-6H2,2-4H3,(H,10,12). The molecule has 0 fully saturated rings. The summed E-state index contributed by atoms with van der Waals surface area (Å²) in [5, 5.41) is 2.61. The average Bonchev–Trinajstić information content (AvgIpc) is 2.02. The van der Waals surface area contributed by atoms with Gasteiger partial charge in [0.1, 0.15) is 0 Å². The summed E-state index contributed by atoms with van der Waals surface area (Å²) >= 11 is 0. The zero-order valence-corrected chi connectivity index (χ0v) is 8.39. The molecule has 0 aromatic rings. The van der Waals surface area contributed by atoms with E-state index in [1.54, 1.807) is 14.0 Å². The van der Waals surface area contributed by atoms with Crippen molar-refractivity contribution in [3.63, 3.8) is 0 Å². The van der Waals surface area contributed by atoms with E-state index in [4.69, 9.17) is 0 Å². The number of amides is 2. The minimum atomic E-state index is -0.0923. The van der Waals surface area contributed by atoms with E-state index < -0.39 is 0 Å². The molecule has 0 aliphatic carbocycles. The molecule has 4 nitrogen and oxygen atoms in total. The second-order valence-electron chi connectivity index (χ2n) is 2.99. The Hall–Kier alpha value is -1.32. The molecule has 2 amide bonds. The van der Waals surface area contributed by atoms with E-state index in [2.05, 4.69) is 11.9 Å². The summed E-state index contributed by atoms with van der Waals surface area (Å²) in [5.74, 6) is -0.179. The number of carbonyl (C=O) groups is 2. The Kier molecular flexibility index (Phi) is 4.80. The highest BCUT2D eigenvalue weighted by atomic mass is 16.2. The van der Waals surface area contributed by atoms with Crippen LogP contribution in [0.1, 0.15) is 13.8 Å². The van der Waals surface area contributed by atoms with Gasteiger partial charge in [-0.3, -0.25) is 9.59 Å². The minimum Gasteiger partial charge on any atom is -0.355 e. The van der Waals surface area contributed by atoms with Crippen molar-refractivity contribution in [1.29, 1.82) is 0 Å². The van der Waals surface area contributed by atoms with Crippen LogP contribution in [0.5, 0.6) is 0 Å². The van der Waals surface area contributed by atoms with Gasteiger partial charge in [0.15, 0.2) is 0 Å². The van der Waals surface area contributed by atoms with Crippen molar-refractivity contribution < 1.29 is 9.59 Å². The van der Waals surface area contributed by atoms with Gasteiger partial charge >= 0.3 is 0 Å². The predicted octanol–water partition coefficient (Wildman–Crippen LogP) is 0.157. The largest absolute Gasteiger partial charge is 0.355 e. The Labute approximate surface area is 78.6 Å². The summed E-state index contributed by atoms with van der Waals surface area (Å²) in [7, 11) is 1.68. The van der Waals surface area contributed by atoms with Gasteiger partial charge < -0.3 is 10.2 Å². The molecule has 0 saturated heterocycles. The summed E-state index contributed by atoms with van der Waals surface area (Å²) in [6.45, 7) is 7.63. The fourth-order valence-corrected chi connectivity index (χ4v) is 0.827. The third-order valence-electron chi connectivity index (χ3n) is 1.53. The Morgan fingerprint density at radius 2 is 1.92 bits per heavy atom. The molecular weight excluding hydrogens is 168 g/mol. The number of hydrogen-bond donors (Lipinski definition) is 1. The molecule has 1 N–H and O–H groups in total. The predicted molar refractivity (Wildman–Crippen MR) is 51.1 cm³/mol. The van der Waals surface area contributed by atoms with Crippen LogP contribution in [0.4, 0.5) is 0 Å². The summed E-state index contributed by atoms with van der Waals surface area (Å²) in [6, 6.07) is 0. The van der Waals surface area contributed by atoms with Crippen LogP contribution < -0.4 is 5.32 Å². The van der Waals surface area contributed by atoms with Crippen molar-refractivity contribution >= 4 is 11.8 Å². The molecule has 0 atom stereocenters. The molecule has 4 heteroatoms. The van der Waals surface area contributed by atoms with Gasteiger partial charge in [-0.1, -0.05) is 6.58 Å². The van der Waals surface area contributed by atoms with Crippen molar-refractivity contribution in [3.8, 4) is 0 Å². The normalized spacial score (nSPS) is 9.15. The van der Waals surface area contributed by atoms with Gasteiger partial charge in [-0.25, -0.2) is 0 Å². The average molecular weight is 184 g/mol. The molecule has 0 rings (SSSR count). The molecule has 0 aliphatic heterocycles. The lowest BCUT2D eigenvalue weighted by Crippen LogP contribution is -2.35. The van der Waals surface area contributed by atoms with Gasteiger partial charge in [-0.05, 0) is 6.92 Å². The van der Waals surface area contributed by atoms with Crippen molar-refractivity contribution in [2.75, 3.05) is 20.1 Å². The maximum absolute atomic E-state index is 11.2. The molecule has 0 bridgehead atoms. The lowest BCUT2D eigenvalue weighted by atomic mass is 10.3. The third-order valence-corrected chi connectivity index (χ3v) is 1.53. The monoisotopic (exact) mass is 184 g/mol. The van der Waals surface area contributed by atoms with E-state index in [-0.39, 0.29) is 11.8 Å². The van der Waals surface area contributed by atoms with Crippen LogP contribution in [-0.4, -0.2) is 36.9 Å². The zero-order valence-electron chi connectivity index (χ0n) is 8.39. The highest BCUT2D eigenvalue weighted by Crippen LogP contribution is 1.93. The molecule has 0 saturated carbocycles. The van der Waals surface area contributed by atoms with Crippen molar-refractivity contribution in [2.24, 2.45) is 0 Å². The number of nitrogens with zero attached hydrogens (tertiary/aromatic N) is 1. The first-order chi connectivity index (χ1) is 5.95. The van der Waals surface area contributed by atoms with E-state index in [9.17, 15) is 9.59 Å². The van der Waals surface area contributed by atoms with E-state index >= 15 is 0 Å². The smallest absolute Gasteiger partial charge is 0.248 e. The number of carbonyl (C=O) groups excluding carboxylic acids is 2. The van der Waals surface area contributed by atoms with Crippen LogP contribution >= 0.6 is 0 Å². The Morgan fingerprint density at radius 3 is 2.31 bits per heavy atom. The Bertz CT molecular complexity index is 224. The van der Waals surface area contributed by atoms with Crippen LogP contribution in [0.2, 0.25) is 0 Å². The van der Waals surface area contributed by atoms with Crippen LogP contribution in [0.3, 0.4) is 0 Å². The van der Waals surface area contributed by atoms with E-state index in [0.717, 1.165) is 0 Å². The van der Waals surface area contributed by atoms with E-state index in [0.29, 0.717) is 18.7 Å². The summed E-state index contributed by atoms with van der Waals surface area (Å²) in [5.41, 5.74) is 0.505. The number of nitrogens with one attached hydrogen (secondary N) is 1. The van der Waals surface area contributed by atoms with Crippen molar-refractivity contribution in [3.05, 3.63) is 12.2 Å². The van der Waals surface area contributed by atoms with Crippen LogP contribution in [-0.2, 0) is 9.59 Å². The van der Waals surface area contributed by atoms with Gasteiger partial charge in [-0.2, -0.15) is 0 Å². The van der Waals surface area contributed by atoms with Gasteiger partial charge in [0.05, 0.1) is 0 Å². The molecule has 74 valence electrons. The van der Waals surface area contributed by atoms with Crippen molar-refractivity contribution in [1.82, 2.24) is 10.2 Å². The molecule has 0 aromatic heterocycles. The molecule has 0 radical (unpaired) electrons. The first-order valence-corrected chi connectivity index (χ1v) is 4.10. The van der Waals surface area contributed by atoms with Gasteiger partial charge in [0, 0.05) is 32.6 Å².